The number of allylic oxidation sites excluding steroid dienone is 1. The third kappa shape index (κ3) is 4.74. The van der Waals surface area contributed by atoms with E-state index in [0.29, 0.717) is 5.57 Å². The SMILES string of the molecule is C/C(=C(/F)C(=O)N1CCN(S(=O)(=O)N=S(C)(C)=O)CC1)C1CC1. The fraction of sp³-hybridized carbons (Fsp3) is 0.769. The van der Waals surface area contributed by atoms with E-state index in [0.717, 1.165) is 17.1 Å². The Morgan fingerprint density at radius 3 is 2.04 bits per heavy atom. The van der Waals surface area contributed by atoms with E-state index >= 15 is 0 Å². The van der Waals surface area contributed by atoms with Crippen molar-refractivity contribution < 1.29 is 21.8 Å². The molecular weight excluding hydrogens is 345 g/mol. The van der Waals surface area contributed by atoms with Crippen LogP contribution in [0.4, 0.5) is 4.39 Å². The van der Waals surface area contributed by atoms with Gasteiger partial charge in [0.2, 0.25) is 0 Å². The number of carbonyl (C=O) groups is 1. The van der Waals surface area contributed by atoms with Crippen molar-refractivity contribution in [2.75, 3.05) is 38.7 Å². The molecule has 2 fully saturated rings. The number of rotatable bonds is 4. The summed E-state index contributed by atoms with van der Waals surface area (Å²) in [5.41, 5.74) is 0.483. The van der Waals surface area contributed by atoms with Gasteiger partial charge in [-0.2, -0.15) is 12.7 Å². The van der Waals surface area contributed by atoms with E-state index in [4.69, 9.17) is 0 Å². The number of hydrogen-bond donors (Lipinski definition) is 0. The van der Waals surface area contributed by atoms with Crippen molar-refractivity contribution in [3.05, 3.63) is 11.4 Å². The van der Waals surface area contributed by atoms with Crippen LogP contribution in [0, 0.1) is 5.92 Å². The molecule has 0 N–H and O–H groups in total. The Labute approximate surface area is 136 Å². The minimum absolute atomic E-state index is 0.0167. The second-order valence-electron chi connectivity index (χ2n) is 6.20. The Morgan fingerprint density at radius 1 is 1.09 bits per heavy atom. The van der Waals surface area contributed by atoms with Gasteiger partial charge in [0, 0.05) is 38.7 Å². The van der Waals surface area contributed by atoms with Crippen molar-refractivity contribution in [2.45, 2.75) is 19.8 Å². The summed E-state index contributed by atoms with van der Waals surface area (Å²) in [4.78, 5) is 13.4. The van der Waals surface area contributed by atoms with Crippen molar-refractivity contribution >= 4 is 25.8 Å². The van der Waals surface area contributed by atoms with Crippen LogP contribution in [0.15, 0.2) is 15.2 Å². The van der Waals surface area contributed by atoms with E-state index in [2.05, 4.69) is 3.77 Å². The van der Waals surface area contributed by atoms with Crippen LogP contribution < -0.4 is 0 Å². The number of carbonyl (C=O) groups excluding carboxylic acids is 1. The predicted molar refractivity (Wildman–Crippen MR) is 86.0 cm³/mol. The Balaban J connectivity index is 2.03. The van der Waals surface area contributed by atoms with E-state index in [-0.39, 0.29) is 32.1 Å². The molecular formula is C13H22FN3O4S2. The molecule has 0 radical (unpaired) electrons. The normalized spacial score (nSPS) is 21.8. The highest BCUT2D eigenvalue weighted by Crippen LogP contribution is 2.38. The van der Waals surface area contributed by atoms with Gasteiger partial charge in [0.25, 0.3) is 5.91 Å². The maximum atomic E-state index is 14.1. The quantitative estimate of drug-likeness (QED) is 0.686. The lowest BCUT2D eigenvalue weighted by atomic mass is 10.1. The summed E-state index contributed by atoms with van der Waals surface area (Å²) in [5, 5.41) is 0. The van der Waals surface area contributed by atoms with Gasteiger partial charge in [0.1, 0.15) is 0 Å². The highest BCUT2D eigenvalue weighted by atomic mass is 32.3. The lowest BCUT2D eigenvalue weighted by molar-refractivity contribution is -0.129. The summed E-state index contributed by atoms with van der Waals surface area (Å²) in [6.07, 6.45) is 4.30. The van der Waals surface area contributed by atoms with Gasteiger partial charge in [-0.3, -0.25) is 4.79 Å². The van der Waals surface area contributed by atoms with Crippen LogP contribution in [-0.4, -0.2) is 66.4 Å². The van der Waals surface area contributed by atoms with Crippen LogP contribution in [0.5, 0.6) is 0 Å². The van der Waals surface area contributed by atoms with Crippen LogP contribution in [0.3, 0.4) is 0 Å². The second-order valence-corrected chi connectivity index (χ2v) is 10.6. The van der Waals surface area contributed by atoms with Crippen molar-refractivity contribution in [3.8, 4) is 0 Å². The molecule has 1 saturated carbocycles. The molecule has 0 aromatic heterocycles. The first-order chi connectivity index (χ1) is 10.5. The van der Waals surface area contributed by atoms with Crippen molar-refractivity contribution in [2.24, 2.45) is 9.69 Å². The minimum atomic E-state index is -3.99. The van der Waals surface area contributed by atoms with Crippen LogP contribution in [0.25, 0.3) is 0 Å². The molecule has 1 heterocycles. The van der Waals surface area contributed by atoms with Gasteiger partial charge in [-0.1, -0.05) is 3.77 Å². The van der Waals surface area contributed by atoms with Gasteiger partial charge in [-0.25, -0.2) is 8.60 Å². The first-order valence-electron chi connectivity index (χ1n) is 7.35. The molecule has 2 aliphatic rings. The maximum Gasteiger partial charge on any atom is 0.330 e. The van der Waals surface area contributed by atoms with Gasteiger partial charge < -0.3 is 4.90 Å². The summed E-state index contributed by atoms with van der Waals surface area (Å²) in [5.74, 6) is -1.24. The zero-order valence-electron chi connectivity index (χ0n) is 13.5. The molecule has 1 aliphatic carbocycles. The lowest BCUT2D eigenvalue weighted by Crippen LogP contribution is -2.50. The Hall–Kier alpha value is -1.00. The summed E-state index contributed by atoms with van der Waals surface area (Å²) in [6, 6.07) is 0. The molecule has 1 saturated heterocycles. The highest BCUT2D eigenvalue weighted by molar-refractivity contribution is 8.01. The fourth-order valence-electron chi connectivity index (χ4n) is 2.40. The molecule has 10 heteroatoms. The van der Waals surface area contributed by atoms with E-state index in [1.54, 1.807) is 6.92 Å². The highest BCUT2D eigenvalue weighted by Gasteiger charge is 2.33. The van der Waals surface area contributed by atoms with E-state index in [9.17, 15) is 21.8 Å². The van der Waals surface area contributed by atoms with Gasteiger partial charge in [0.15, 0.2) is 5.83 Å². The molecule has 1 aliphatic heterocycles. The van der Waals surface area contributed by atoms with Crippen molar-refractivity contribution in [3.63, 3.8) is 0 Å². The Morgan fingerprint density at radius 2 is 1.61 bits per heavy atom. The molecule has 7 nitrogen and oxygen atoms in total. The summed E-state index contributed by atoms with van der Waals surface area (Å²) in [6.45, 7) is 1.84. The van der Waals surface area contributed by atoms with E-state index in [1.807, 2.05) is 0 Å². The first-order valence-corrected chi connectivity index (χ1v) is 11.1. The molecule has 23 heavy (non-hydrogen) atoms. The topological polar surface area (TPSA) is 87.1 Å². The molecule has 0 atom stereocenters. The average Bonchev–Trinajstić information content (AvgIpc) is 3.27. The Kier molecular flexibility index (Phi) is 5.17. The molecule has 2 rings (SSSR count). The predicted octanol–water partition coefficient (Wildman–Crippen LogP) is 0.756. The van der Waals surface area contributed by atoms with Gasteiger partial charge in [-0.05, 0) is 31.3 Å². The average molecular weight is 367 g/mol. The zero-order chi connectivity index (χ0) is 17.4. The molecule has 0 spiro atoms. The zero-order valence-corrected chi connectivity index (χ0v) is 15.1. The summed E-state index contributed by atoms with van der Waals surface area (Å²) < 4.78 is 54.1. The molecule has 0 aromatic carbocycles. The number of amides is 1. The smallest absolute Gasteiger partial charge is 0.330 e. The van der Waals surface area contributed by atoms with Crippen molar-refractivity contribution in [1.82, 2.24) is 9.21 Å². The number of hydrogen-bond acceptors (Lipinski definition) is 4. The third-order valence-corrected chi connectivity index (χ3v) is 7.06. The largest absolute Gasteiger partial charge is 0.334 e. The Bertz CT molecular complexity index is 733. The monoisotopic (exact) mass is 367 g/mol. The lowest BCUT2D eigenvalue weighted by Gasteiger charge is -2.32. The summed E-state index contributed by atoms with van der Waals surface area (Å²) >= 11 is 0. The van der Waals surface area contributed by atoms with Crippen LogP contribution in [-0.2, 0) is 24.7 Å². The van der Waals surface area contributed by atoms with E-state index in [1.165, 1.54) is 17.4 Å². The molecule has 0 aromatic rings. The van der Waals surface area contributed by atoms with Crippen molar-refractivity contribution in [1.29, 1.82) is 0 Å². The maximum absolute atomic E-state index is 14.1. The second kappa shape index (κ2) is 6.48. The first kappa shape index (κ1) is 18.3. The number of piperazine rings is 1. The van der Waals surface area contributed by atoms with Gasteiger partial charge >= 0.3 is 10.2 Å². The molecule has 0 bridgehead atoms. The fourth-order valence-corrected chi connectivity index (χ4v) is 5.22. The van der Waals surface area contributed by atoms with Crippen LogP contribution in [0.2, 0.25) is 0 Å². The summed E-state index contributed by atoms with van der Waals surface area (Å²) in [7, 11) is -6.78. The number of halogens is 1. The standard InChI is InChI=1S/C13H22FN3O4S2/c1-10(11-4-5-11)12(14)13(18)16-6-8-17(9-7-16)23(20,21)15-22(2,3)19/h11H,4-9H2,1-3H3/b12-10-. The molecule has 1 amide bonds. The van der Waals surface area contributed by atoms with E-state index < -0.39 is 31.7 Å². The molecule has 132 valence electrons. The van der Waals surface area contributed by atoms with Crippen LogP contribution >= 0.6 is 0 Å². The third-order valence-electron chi connectivity index (χ3n) is 3.85. The van der Waals surface area contributed by atoms with Crippen LogP contribution in [0.1, 0.15) is 19.8 Å². The van der Waals surface area contributed by atoms with Gasteiger partial charge in [-0.15, -0.1) is 0 Å². The molecule has 0 unspecified atom stereocenters. The number of nitrogens with zero attached hydrogens (tertiary/aromatic N) is 3. The minimum Gasteiger partial charge on any atom is -0.334 e. The van der Waals surface area contributed by atoms with Gasteiger partial charge in [0.05, 0.1) is 9.73 Å².